The molecule has 0 amide bonds. The van der Waals surface area contributed by atoms with E-state index in [-0.39, 0.29) is 6.04 Å². The number of nitrogens with zero attached hydrogens (tertiary/aromatic N) is 2. The highest BCUT2D eigenvalue weighted by atomic mass is 16.5. The summed E-state index contributed by atoms with van der Waals surface area (Å²) in [5.41, 5.74) is 2.32. The summed E-state index contributed by atoms with van der Waals surface area (Å²) < 4.78 is 5.25. The summed E-state index contributed by atoms with van der Waals surface area (Å²) in [5, 5.41) is 13.7. The Morgan fingerprint density at radius 1 is 1.40 bits per heavy atom. The van der Waals surface area contributed by atoms with Gasteiger partial charge in [-0.25, -0.2) is 0 Å². The molecule has 2 rings (SSSR count). The van der Waals surface area contributed by atoms with Gasteiger partial charge in [-0.15, -0.1) is 0 Å². The number of nitrogens with one attached hydrogen (secondary N) is 1. The van der Waals surface area contributed by atoms with Crippen LogP contribution in [-0.4, -0.2) is 24.7 Å². The minimum Gasteiger partial charge on any atom is -0.383 e. The fourth-order valence-corrected chi connectivity index (χ4v) is 2.33. The van der Waals surface area contributed by atoms with E-state index in [1.807, 2.05) is 24.3 Å². The molecule has 0 aliphatic rings. The number of ether oxygens (including phenoxy) is 1. The van der Waals surface area contributed by atoms with Crippen molar-refractivity contribution in [3.63, 3.8) is 0 Å². The van der Waals surface area contributed by atoms with Gasteiger partial charge in [0.05, 0.1) is 23.4 Å². The Kier molecular flexibility index (Phi) is 4.91. The molecule has 20 heavy (non-hydrogen) atoms. The van der Waals surface area contributed by atoms with Gasteiger partial charge in [-0.3, -0.25) is 4.98 Å². The third-order valence-corrected chi connectivity index (χ3v) is 3.25. The van der Waals surface area contributed by atoms with E-state index >= 15 is 0 Å². The van der Waals surface area contributed by atoms with E-state index < -0.39 is 0 Å². The SMILES string of the molecule is CCCC(COC)Nc1c(C#N)cnc2ccccc12. The average Bonchev–Trinajstić information content (AvgIpc) is 2.48. The van der Waals surface area contributed by atoms with Gasteiger partial charge < -0.3 is 10.1 Å². The van der Waals surface area contributed by atoms with E-state index in [9.17, 15) is 5.26 Å². The van der Waals surface area contributed by atoms with Crippen molar-refractivity contribution in [3.8, 4) is 6.07 Å². The van der Waals surface area contributed by atoms with Crippen molar-refractivity contribution in [3.05, 3.63) is 36.0 Å². The van der Waals surface area contributed by atoms with E-state index in [4.69, 9.17) is 4.74 Å². The van der Waals surface area contributed by atoms with Gasteiger partial charge in [0.1, 0.15) is 6.07 Å². The molecule has 0 radical (unpaired) electrons. The number of anilines is 1. The van der Waals surface area contributed by atoms with Gasteiger partial charge >= 0.3 is 0 Å². The Balaban J connectivity index is 2.42. The van der Waals surface area contributed by atoms with Crippen molar-refractivity contribution >= 4 is 16.6 Å². The van der Waals surface area contributed by atoms with Crippen LogP contribution in [0.1, 0.15) is 25.3 Å². The van der Waals surface area contributed by atoms with Crippen molar-refractivity contribution in [2.45, 2.75) is 25.8 Å². The number of pyridine rings is 1. The number of nitriles is 1. The minimum atomic E-state index is 0.197. The smallest absolute Gasteiger partial charge is 0.103 e. The quantitative estimate of drug-likeness (QED) is 0.873. The van der Waals surface area contributed by atoms with Gasteiger partial charge in [0.2, 0.25) is 0 Å². The van der Waals surface area contributed by atoms with Gasteiger partial charge in [-0.05, 0) is 12.5 Å². The molecule has 1 atom stereocenters. The fraction of sp³-hybridized carbons (Fsp3) is 0.375. The maximum atomic E-state index is 9.29. The Bertz CT molecular complexity index is 613. The van der Waals surface area contributed by atoms with Crippen LogP contribution in [0.2, 0.25) is 0 Å². The Labute approximate surface area is 119 Å². The van der Waals surface area contributed by atoms with Crippen LogP contribution in [-0.2, 0) is 4.74 Å². The molecule has 4 heteroatoms. The molecule has 2 aromatic rings. The first kappa shape index (κ1) is 14.3. The lowest BCUT2D eigenvalue weighted by Gasteiger charge is -2.20. The molecule has 4 nitrogen and oxygen atoms in total. The fourth-order valence-electron chi connectivity index (χ4n) is 2.33. The second kappa shape index (κ2) is 6.88. The highest BCUT2D eigenvalue weighted by Gasteiger charge is 2.13. The largest absolute Gasteiger partial charge is 0.383 e. The van der Waals surface area contributed by atoms with Crippen molar-refractivity contribution in [2.24, 2.45) is 0 Å². The van der Waals surface area contributed by atoms with E-state index in [0.717, 1.165) is 29.4 Å². The number of rotatable bonds is 6. The molecule has 0 spiro atoms. The molecule has 0 fully saturated rings. The van der Waals surface area contributed by atoms with E-state index in [2.05, 4.69) is 23.3 Å². The lowest BCUT2D eigenvalue weighted by Crippen LogP contribution is -2.25. The van der Waals surface area contributed by atoms with Crippen LogP contribution in [0.25, 0.3) is 10.9 Å². The summed E-state index contributed by atoms with van der Waals surface area (Å²) in [4.78, 5) is 4.32. The zero-order chi connectivity index (χ0) is 14.4. The Morgan fingerprint density at radius 2 is 2.20 bits per heavy atom. The molecule has 1 unspecified atom stereocenters. The van der Waals surface area contributed by atoms with E-state index in [1.54, 1.807) is 13.3 Å². The molecule has 0 aliphatic carbocycles. The number of hydrogen-bond donors (Lipinski definition) is 1. The molecule has 1 aromatic heterocycles. The number of benzene rings is 1. The zero-order valence-corrected chi connectivity index (χ0v) is 11.9. The van der Waals surface area contributed by atoms with Crippen LogP contribution in [0.15, 0.2) is 30.5 Å². The lowest BCUT2D eigenvalue weighted by atomic mass is 10.1. The molecule has 104 valence electrons. The lowest BCUT2D eigenvalue weighted by molar-refractivity contribution is 0.182. The molecule has 0 bridgehead atoms. The number of para-hydroxylation sites is 1. The highest BCUT2D eigenvalue weighted by Crippen LogP contribution is 2.26. The standard InChI is InChI=1S/C16H19N3O/c1-3-6-13(11-20-2)19-16-12(9-17)10-18-15-8-5-4-7-14(15)16/h4-5,7-8,10,13H,3,6,11H2,1-2H3,(H,18,19). The molecule has 0 saturated carbocycles. The number of aromatic nitrogens is 1. The van der Waals surface area contributed by atoms with Gasteiger partial charge in [0.25, 0.3) is 0 Å². The van der Waals surface area contributed by atoms with Crippen molar-refractivity contribution in [2.75, 3.05) is 19.0 Å². The van der Waals surface area contributed by atoms with Gasteiger partial charge in [0.15, 0.2) is 0 Å². The van der Waals surface area contributed by atoms with Crippen molar-refractivity contribution in [1.82, 2.24) is 4.98 Å². The summed E-state index contributed by atoms with van der Waals surface area (Å²) in [6, 6.07) is 10.3. The van der Waals surface area contributed by atoms with E-state index in [0.29, 0.717) is 12.2 Å². The predicted molar refractivity (Wildman–Crippen MR) is 80.7 cm³/mol. The molecule has 1 heterocycles. The minimum absolute atomic E-state index is 0.197. The summed E-state index contributed by atoms with van der Waals surface area (Å²) in [6.07, 6.45) is 3.68. The number of methoxy groups -OCH3 is 1. The Morgan fingerprint density at radius 3 is 2.90 bits per heavy atom. The third-order valence-electron chi connectivity index (χ3n) is 3.25. The second-order valence-electron chi connectivity index (χ2n) is 4.76. The summed E-state index contributed by atoms with van der Waals surface area (Å²) >= 11 is 0. The highest BCUT2D eigenvalue weighted by molar-refractivity contribution is 5.93. The Hall–Kier alpha value is -2.12. The third kappa shape index (κ3) is 3.06. The maximum Gasteiger partial charge on any atom is 0.103 e. The van der Waals surface area contributed by atoms with Gasteiger partial charge in [-0.2, -0.15) is 5.26 Å². The van der Waals surface area contributed by atoms with Crippen LogP contribution in [0.5, 0.6) is 0 Å². The first-order valence-electron chi connectivity index (χ1n) is 6.83. The predicted octanol–water partition coefficient (Wildman–Crippen LogP) is 3.33. The molecule has 0 saturated heterocycles. The molecule has 1 N–H and O–H groups in total. The monoisotopic (exact) mass is 269 g/mol. The summed E-state index contributed by atoms with van der Waals surface area (Å²) in [7, 11) is 1.69. The maximum absolute atomic E-state index is 9.29. The van der Waals surface area contributed by atoms with Crippen LogP contribution < -0.4 is 5.32 Å². The van der Waals surface area contributed by atoms with Crippen LogP contribution >= 0.6 is 0 Å². The normalized spacial score (nSPS) is 12.1. The molecular weight excluding hydrogens is 250 g/mol. The van der Waals surface area contributed by atoms with Gasteiger partial charge in [0, 0.05) is 24.7 Å². The van der Waals surface area contributed by atoms with Crippen LogP contribution in [0.4, 0.5) is 5.69 Å². The number of hydrogen-bond acceptors (Lipinski definition) is 4. The zero-order valence-electron chi connectivity index (χ0n) is 11.9. The van der Waals surface area contributed by atoms with E-state index in [1.165, 1.54) is 0 Å². The second-order valence-corrected chi connectivity index (χ2v) is 4.76. The first-order chi connectivity index (χ1) is 9.80. The van der Waals surface area contributed by atoms with Gasteiger partial charge in [-0.1, -0.05) is 31.5 Å². The summed E-state index contributed by atoms with van der Waals surface area (Å²) in [6.45, 7) is 2.76. The topological polar surface area (TPSA) is 57.9 Å². The van der Waals surface area contributed by atoms with Crippen molar-refractivity contribution < 1.29 is 4.74 Å². The molecule has 0 aliphatic heterocycles. The van der Waals surface area contributed by atoms with Crippen LogP contribution in [0, 0.1) is 11.3 Å². The average molecular weight is 269 g/mol. The van der Waals surface area contributed by atoms with Crippen molar-refractivity contribution in [1.29, 1.82) is 5.26 Å². The first-order valence-corrected chi connectivity index (χ1v) is 6.83. The molecular formula is C16H19N3O. The van der Waals surface area contributed by atoms with Crippen LogP contribution in [0.3, 0.4) is 0 Å². The molecule has 1 aromatic carbocycles. The number of fused-ring (bicyclic) bond motifs is 1. The summed E-state index contributed by atoms with van der Waals surface area (Å²) in [5.74, 6) is 0.